The highest BCUT2D eigenvalue weighted by Gasteiger charge is 2.24. The molecule has 0 rings (SSSR count). The van der Waals surface area contributed by atoms with E-state index in [1.165, 1.54) is 16.7 Å². The number of thioether (sulfide) groups is 1. The molecule has 0 bridgehead atoms. The fraction of sp³-hybridized carbons (Fsp3) is 0.750. The van der Waals surface area contributed by atoms with Crippen molar-refractivity contribution in [2.75, 3.05) is 25.1 Å². The van der Waals surface area contributed by atoms with E-state index in [9.17, 15) is 14.4 Å². The van der Waals surface area contributed by atoms with Crippen LogP contribution in [0.5, 0.6) is 0 Å². The van der Waals surface area contributed by atoms with Crippen LogP contribution in [0.3, 0.4) is 0 Å². The van der Waals surface area contributed by atoms with Gasteiger partial charge in [-0.25, -0.2) is 9.59 Å². The van der Waals surface area contributed by atoms with Gasteiger partial charge in [-0.3, -0.25) is 4.79 Å². The fourth-order valence-corrected chi connectivity index (χ4v) is 2.05. The number of carbonyl (C=O) groups excluding carboxylic acids is 2. The first-order chi connectivity index (χ1) is 9.27. The SMILES string of the molecule is CSCC[C@H](NC(=O)N(CC(N)=O)CC(C)C)C(=O)O. The Morgan fingerprint density at radius 2 is 1.95 bits per heavy atom. The van der Waals surface area contributed by atoms with Crippen LogP contribution in [0, 0.1) is 5.92 Å². The normalized spacial score (nSPS) is 12.0. The molecular weight excluding hydrogens is 282 g/mol. The minimum absolute atomic E-state index is 0.148. The summed E-state index contributed by atoms with van der Waals surface area (Å²) < 4.78 is 0. The van der Waals surface area contributed by atoms with Crippen molar-refractivity contribution in [1.29, 1.82) is 0 Å². The molecule has 0 saturated carbocycles. The van der Waals surface area contributed by atoms with Crippen LogP contribution >= 0.6 is 11.8 Å². The van der Waals surface area contributed by atoms with Gasteiger partial charge in [-0.05, 0) is 24.3 Å². The van der Waals surface area contributed by atoms with Crippen LogP contribution in [-0.2, 0) is 9.59 Å². The molecule has 0 fully saturated rings. The Morgan fingerprint density at radius 3 is 2.35 bits per heavy atom. The third-order valence-electron chi connectivity index (χ3n) is 2.43. The first-order valence-electron chi connectivity index (χ1n) is 6.33. The molecule has 0 spiro atoms. The first-order valence-corrected chi connectivity index (χ1v) is 7.72. The van der Waals surface area contributed by atoms with Gasteiger partial charge in [0.1, 0.15) is 12.6 Å². The smallest absolute Gasteiger partial charge is 0.326 e. The Morgan fingerprint density at radius 1 is 1.35 bits per heavy atom. The van der Waals surface area contributed by atoms with Crippen molar-refractivity contribution < 1.29 is 19.5 Å². The lowest BCUT2D eigenvalue weighted by molar-refractivity contribution is -0.139. The van der Waals surface area contributed by atoms with Crippen molar-refractivity contribution in [2.24, 2.45) is 11.7 Å². The van der Waals surface area contributed by atoms with Crippen LogP contribution < -0.4 is 11.1 Å². The van der Waals surface area contributed by atoms with E-state index in [4.69, 9.17) is 10.8 Å². The standard InChI is InChI=1S/C12H23N3O4S/c1-8(2)6-15(7-10(13)16)12(19)14-9(11(17)18)4-5-20-3/h8-9H,4-7H2,1-3H3,(H2,13,16)(H,14,19)(H,17,18)/t9-/m0/s1. The van der Waals surface area contributed by atoms with E-state index >= 15 is 0 Å². The topological polar surface area (TPSA) is 113 Å². The maximum absolute atomic E-state index is 12.0. The Bertz CT molecular complexity index is 350. The molecule has 0 aliphatic heterocycles. The Balaban J connectivity index is 4.68. The first kappa shape index (κ1) is 18.6. The van der Waals surface area contributed by atoms with Crippen molar-refractivity contribution >= 4 is 29.7 Å². The van der Waals surface area contributed by atoms with Gasteiger partial charge in [-0.1, -0.05) is 13.8 Å². The zero-order valence-corrected chi connectivity index (χ0v) is 12.9. The van der Waals surface area contributed by atoms with Gasteiger partial charge in [-0.15, -0.1) is 0 Å². The minimum Gasteiger partial charge on any atom is -0.480 e. The van der Waals surface area contributed by atoms with Gasteiger partial charge in [0.2, 0.25) is 5.91 Å². The van der Waals surface area contributed by atoms with E-state index in [0.29, 0.717) is 18.7 Å². The van der Waals surface area contributed by atoms with Crippen LogP contribution in [0.25, 0.3) is 0 Å². The molecule has 4 N–H and O–H groups in total. The third-order valence-corrected chi connectivity index (χ3v) is 3.07. The molecule has 0 aromatic heterocycles. The number of hydrogen-bond donors (Lipinski definition) is 3. The molecule has 116 valence electrons. The van der Waals surface area contributed by atoms with Crippen LogP contribution in [0.2, 0.25) is 0 Å². The summed E-state index contributed by atoms with van der Waals surface area (Å²) in [4.78, 5) is 35.3. The van der Waals surface area contributed by atoms with Gasteiger partial charge in [0.15, 0.2) is 0 Å². The zero-order valence-electron chi connectivity index (χ0n) is 12.1. The fourth-order valence-electron chi connectivity index (χ4n) is 1.58. The van der Waals surface area contributed by atoms with E-state index in [0.717, 1.165) is 0 Å². The number of carboxylic acids is 1. The number of carbonyl (C=O) groups is 3. The van der Waals surface area contributed by atoms with Crippen molar-refractivity contribution in [3.05, 3.63) is 0 Å². The molecule has 8 heteroatoms. The van der Waals surface area contributed by atoms with Gasteiger partial charge in [0.25, 0.3) is 0 Å². The second kappa shape index (κ2) is 9.46. The molecule has 7 nitrogen and oxygen atoms in total. The minimum atomic E-state index is -1.09. The van der Waals surface area contributed by atoms with Crippen LogP contribution in [0.4, 0.5) is 4.79 Å². The predicted molar refractivity (Wildman–Crippen MR) is 78.6 cm³/mol. The van der Waals surface area contributed by atoms with Gasteiger partial charge >= 0.3 is 12.0 Å². The zero-order chi connectivity index (χ0) is 15.7. The van der Waals surface area contributed by atoms with E-state index in [1.807, 2.05) is 20.1 Å². The summed E-state index contributed by atoms with van der Waals surface area (Å²) in [5, 5.41) is 11.5. The molecule has 0 unspecified atom stereocenters. The van der Waals surface area contributed by atoms with Crippen LogP contribution in [-0.4, -0.2) is 59.1 Å². The van der Waals surface area contributed by atoms with Gasteiger partial charge in [-0.2, -0.15) is 11.8 Å². The van der Waals surface area contributed by atoms with Crippen LogP contribution in [0.15, 0.2) is 0 Å². The maximum atomic E-state index is 12.0. The Hall–Kier alpha value is -1.44. The highest BCUT2D eigenvalue weighted by Crippen LogP contribution is 2.04. The Kier molecular flexibility index (Phi) is 8.78. The molecule has 0 aromatic carbocycles. The molecule has 0 saturated heterocycles. The second-order valence-corrected chi connectivity index (χ2v) is 5.85. The number of aliphatic carboxylic acids is 1. The maximum Gasteiger partial charge on any atom is 0.326 e. The summed E-state index contributed by atoms with van der Waals surface area (Å²) in [5.74, 6) is -0.945. The molecule has 0 aliphatic rings. The molecule has 3 amide bonds. The number of urea groups is 1. The number of nitrogens with zero attached hydrogens (tertiary/aromatic N) is 1. The van der Waals surface area contributed by atoms with Gasteiger partial charge in [0.05, 0.1) is 0 Å². The van der Waals surface area contributed by atoms with Crippen molar-refractivity contribution in [3.63, 3.8) is 0 Å². The van der Waals surface area contributed by atoms with E-state index in [1.54, 1.807) is 0 Å². The quantitative estimate of drug-likeness (QED) is 0.569. The van der Waals surface area contributed by atoms with E-state index in [-0.39, 0.29) is 12.5 Å². The van der Waals surface area contributed by atoms with Crippen molar-refractivity contribution in [2.45, 2.75) is 26.3 Å². The summed E-state index contributed by atoms with van der Waals surface area (Å²) >= 11 is 1.50. The lowest BCUT2D eigenvalue weighted by atomic mass is 10.2. The summed E-state index contributed by atoms with van der Waals surface area (Å²) in [7, 11) is 0. The summed E-state index contributed by atoms with van der Waals surface area (Å²) in [5.41, 5.74) is 5.10. The molecule has 0 aromatic rings. The number of nitrogens with two attached hydrogens (primary N) is 1. The highest BCUT2D eigenvalue weighted by atomic mass is 32.2. The van der Waals surface area contributed by atoms with Gasteiger partial charge in [0, 0.05) is 6.54 Å². The number of hydrogen-bond acceptors (Lipinski definition) is 4. The monoisotopic (exact) mass is 305 g/mol. The van der Waals surface area contributed by atoms with E-state index in [2.05, 4.69) is 5.32 Å². The lowest BCUT2D eigenvalue weighted by Gasteiger charge is -2.25. The summed E-state index contributed by atoms with van der Waals surface area (Å²) in [6, 6.07) is -1.54. The molecule has 0 aliphatic carbocycles. The number of amides is 3. The average Bonchev–Trinajstić information content (AvgIpc) is 2.31. The molecule has 1 atom stereocenters. The largest absolute Gasteiger partial charge is 0.480 e. The number of nitrogens with one attached hydrogen (secondary N) is 1. The second-order valence-electron chi connectivity index (χ2n) is 4.86. The molecule has 0 heterocycles. The lowest BCUT2D eigenvalue weighted by Crippen LogP contribution is -2.51. The highest BCUT2D eigenvalue weighted by molar-refractivity contribution is 7.98. The van der Waals surface area contributed by atoms with Crippen molar-refractivity contribution in [1.82, 2.24) is 10.2 Å². The Labute approximate surface area is 123 Å². The average molecular weight is 305 g/mol. The summed E-state index contributed by atoms with van der Waals surface area (Å²) in [6.45, 7) is 3.90. The number of primary amides is 1. The number of carboxylic acid groups (broad SMARTS) is 1. The predicted octanol–water partition coefficient (Wildman–Crippen LogP) is 0.346. The van der Waals surface area contributed by atoms with Crippen LogP contribution in [0.1, 0.15) is 20.3 Å². The molecule has 20 heavy (non-hydrogen) atoms. The van der Waals surface area contributed by atoms with Crippen molar-refractivity contribution in [3.8, 4) is 0 Å². The summed E-state index contributed by atoms with van der Waals surface area (Å²) in [6.07, 6.45) is 2.19. The third kappa shape index (κ3) is 7.88. The van der Waals surface area contributed by atoms with E-state index < -0.39 is 23.9 Å². The number of rotatable bonds is 9. The molecular formula is C12H23N3O4S. The van der Waals surface area contributed by atoms with Gasteiger partial charge < -0.3 is 21.1 Å². The molecule has 0 radical (unpaired) electrons.